The van der Waals surface area contributed by atoms with E-state index < -0.39 is 0 Å². The lowest BCUT2D eigenvalue weighted by molar-refractivity contribution is -0.140. The Kier molecular flexibility index (Phi) is 5.12. The number of nitrogens with zero attached hydrogens (tertiary/aromatic N) is 5. The summed E-state index contributed by atoms with van der Waals surface area (Å²) in [6, 6.07) is 4.07. The number of rotatable bonds is 3. The van der Waals surface area contributed by atoms with E-state index in [0.29, 0.717) is 0 Å². The second kappa shape index (κ2) is 7.17. The van der Waals surface area contributed by atoms with Crippen LogP contribution in [-0.2, 0) is 11.3 Å². The minimum Gasteiger partial charge on any atom is -0.342 e. The Labute approximate surface area is 155 Å². The van der Waals surface area contributed by atoms with E-state index in [9.17, 15) is 4.79 Å². The molecule has 2 aromatic rings. The third kappa shape index (κ3) is 3.79. The number of aryl methyl sites for hydroxylation is 2. The molecule has 1 amide bonds. The first kappa shape index (κ1) is 18.5. The van der Waals surface area contributed by atoms with Gasteiger partial charge in [0.25, 0.3) is 0 Å². The average Bonchev–Trinajstić information content (AvgIpc) is 3.08. The zero-order valence-corrected chi connectivity index (χ0v) is 16.5. The van der Waals surface area contributed by atoms with Crippen molar-refractivity contribution in [2.45, 2.75) is 59.9 Å². The van der Waals surface area contributed by atoms with Gasteiger partial charge in [0.2, 0.25) is 5.91 Å². The molecule has 1 saturated heterocycles. The monoisotopic (exact) mass is 355 g/mol. The molecule has 2 aromatic heterocycles. The normalized spacial score (nSPS) is 18.2. The van der Waals surface area contributed by atoms with E-state index in [1.54, 1.807) is 6.20 Å². The molecular weight excluding hydrogens is 326 g/mol. The predicted molar refractivity (Wildman–Crippen MR) is 102 cm³/mol. The fraction of sp³-hybridized carbons (Fsp3) is 0.600. The number of carbonyl (C=O) groups is 1. The molecule has 140 valence electrons. The zero-order valence-electron chi connectivity index (χ0n) is 16.5. The number of hydrogen-bond donors (Lipinski definition) is 0. The standard InChI is InChI=1S/C20H29N5O/c1-6-25-18(9-10-21-25)17-12-16(22-14(2)23-17)15-8-7-11-24(13-15)19(26)20(3,4)5/h9-10,12,15H,6-8,11,13H2,1-5H3/t15-/m0/s1. The van der Waals surface area contributed by atoms with Gasteiger partial charge in [-0.2, -0.15) is 5.10 Å². The molecule has 0 radical (unpaired) electrons. The predicted octanol–water partition coefficient (Wildman–Crippen LogP) is 3.42. The summed E-state index contributed by atoms with van der Waals surface area (Å²) < 4.78 is 1.95. The van der Waals surface area contributed by atoms with Crippen LogP contribution in [0.5, 0.6) is 0 Å². The smallest absolute Gasteiger partial charge is 0.227 e. The van der Waals surface area contributed by atoms with Gasteiger partial charge in [0.15, 0.2) is 0 Å². The molecule has 0 spiro atoms. The van der Waals surface area contributed by atoms with Crippen LogP contribution in [0.15, 0.2) is 18.3 Å². The lowest BCUT2D eigenvalue weighted by atomic mass is 9.89. The Morgan fingerprint density at radius 3 is 2.77 bits per heavy atom. The fourth-order valence-corrected chi connectivity index (χ4v) is 3.61. The Morgan fingerprint density at radius 1 is 1.31 bits per heavy atom. The summed E-state index contributed by atoms with van der Waals surface area (Å²) in [5, 5.41) is 4.35. The van der Waals surface area contributed by atoms with Crippen LogP contribution in [0.25, 0.3) is 11.4 Å². The van der Waals surface area contributed by atoms with Gasteiger partial charge in [-0.15, -0.1) is 0 Å². The molecule has 1 aliphatic rings. The number of piperidine rings is 1. The molecule has 0 saturated carbocycles. The van der Waals surface area contributed by atoms with Gasteiger partial charge >= 0.3 is 0 Å². The molecule has 0 aromatic carbocycles. The van der Waals surface area contributed by atoms with Crippen molar-refractivity contribution in [3.05, 3.63) is 29.8 Å². The molecule has 0 bridgehead atoms. The molecule has 26 heavy (non-hydrogen) atoms. The molecule has 1 fully saturated rings. The first-order valence-corrected chi connectivity index (χ1v) is 9.46. The van der Waals surface area contributed by atoms with E-state index in [-0.39, 0.29) is 17.2 Å². The average molecular weight is 355 g/mol. The van der Waals surface area contributed by atoms with Crippen molar-refractivity contribution in [2.75, 3.05) is 13.1 Å². The Hall–Kier alpha value is -2.24. The van der Waals surface area contributed by atoms with Crippen LogP contribution in [0.2, 0.25) is 0 Å². The molecule has 3 rings (SSSR count). The van der Waals surface area contributed by atoms with E-state index in [1.807, 2.05) is 43.3 Å². The number of carbonyl (C=O) groups excluding carboxylic acids is 1. The highest BCUT2D eigenvalue weighted by molar-refractivity contribution is 5.81. The number of likely N-dealkylation sites (tertiary alicyclic amines) is 1. The molecule has 1 atom stereocenters. The second-order valence-corrected chi connectivity index (χ2v) is 8.10. The van der Waals surface area contributed by atoms with Gasteiger partial charge in [0.1, 0.15) is 5.82 Å². The van der Waals surface area contributed by atoms with Gasteiger partial charge in [0, 0.05) is 42.9 Å². The lowest BCUT2D eigenvalue weighted by Crippen LogP contribution is -2.44. The van der Waals surface area contributed by atoms with Gasteiger partial charge in [-0.05, 0) is 38.8 Å². The highest BCUT2D eigenvalue weighted by Crippen LogP contribution is 2.30. The zero-order chi connectivity index (χ0) is 18.9. The van der Waals surface area contributed by atoms with Crippen LogP contribution in [0, 0.1) is 12.3 Å². The number of hydrogen-bond acceptors (Lipinski definition) is 4. The van der Waals surface area contributed by atoms with E-state index >= 15 is 0 Å². The topological polar surface area (TPSA) is 63.9 Å². The van der Waals surface area contributed by atoms with Crippen LogP contribution in [0.4, 0.5) is 0 Å². The third-order valence-corrected chi connectivity index (χ3v) is 4.90. The van der Waals surface area contributed by atoms with Crippen LogP contribution in [0.3, 0.4) is 0 Å². The van der Waals surface area contributed by atoms with Gasteiger partial charge in [-0.3, -0.25) is 9.48 Å². The van der Waals surface area contributed by atoms with Crippen LogP contribution >= 0.6 is 0 Å². The van der Waals surface area contributed by atoms with E-state index in [4.69, 9.17) is 4.98 Å². The Bertz CT molecular complexity index is 790. The highest BCUT2D eigenvalue weighted by atomic mass is 16.2. The van der Waals surface area contributed by atoms with Crippen LogP contribution < -0.4 is 0 Å². The molecule has 0 N–H and O–H groups in total. The summed E-state index contributed by atoms with van der Waals surface area (Å²) in [6.07, 6.45) is 3.87. The van der Waals surface area contributed by atoms with Crippen molar-refractivity contribution in [1.82, 2.24) is 24.6 Å². The summed E-state index contributed by atoms with van der Waals surface area (Å²) in [5.74, 6) is 1.24. The molecule has 1 aliphatic heterocycles. The minimum absolute atomic E-state index is 0.220. The Morgan fingerprint density at radius 2 is 2.08 bits per heavy atom. The maximum absolute atomic E-state index is 12.7. The van der Waals surface area contributed by atoms with Crippen molar-refractivity contribution >= 4 is 5.91 Å². The largest absolute Gasteiger partial charge is 0.342 e. The quantitative estimate of drug-likeness (QED) is 0.846. The maximum Gasteiger partial charge on any atom is 0.227 e. The van der Waals surface area contributed by atoms with Crippen molar-refractivity contribution in [2.24, 2.45) is 5.41 Å². The summed E-state index contributed by atoms with van der Waals surface area (Å²) in [6.45, 7) is 12.3. The van der Waals surface area contributed by atoms with Crippen molar-refractivity contribution in [1.29, 1.82) is 0 Å². The maximum atomic E-state index is 12.7. The number of aromatic nitrogens is 4. The summed E-state index contributed by atoms with van der Waals surface area (Å²) >= 11 is 0. The molecule has 6 heteroatoms. The lowest BCUT2D eigenvalue weighted by Gasteiger charge is -2.36. The molecule has 0 aliphatic carbocycles. The van der Waals surface area contributed by atoms with E-state index in [0.717, 1.165) is 55.4 Å². The Balaban J connectivity index is 1.88. The van der Waals surface area contributed by atoms with E-state index in [2.05, 4.69) is 23.1 Å². The SMILES string of the molecule is CCn1nccc1-c1cc([C@H]2CCCN(C(=O)C(C)(C)C)C2)nc(C)n1. The molecule has 6 nitrogen and oxygen atoms in total. The van der Waals surface area contributed by atoms with Gasteiger partial charge in [0.05, 0.1) is 11.4 Å². The summed E-state index contributed by atoms with van der Waals surface area (Å²) in [5.41, 5.74) is 2.61. The van der Waals surface area contributed by atoms with Crippen LogP contribution in [0.1, 0.15) is 58.0 Å². The molecule has 3 heterocycles. The van der Waals surface area contributed by atoms with E-state index in [1.165, 1.54) is 0 Å². The first-order chi connectivity index (χ1) is 12.3. The van der Waals surface area contributed by atoms with Gasteiger partial charge in [-0.25, -0.2) is 9.97 Å². The number of amides is 1. The molecular formula is C20H29N5O. The summed E-state index contributed by atoms with van der Waals surface area (Å²) in [7, 11) is 0. The summed E-state index contributed by atoms with van der Waals surface area (Å²) in [4.78, 5) is 24.0. The fourth-order valence-electron chi connectivity index (χ4n) is 3.61. The third-order valence-electron chi connectivity index (χ3n) is 4.90. The van der Waals surface area contributed by atoms with Crippen molar-refractivity contribution < 1.29 is 4.79 Å². The highest BCUT2D eigenvalue weighted by Gasteiger charge is 2.32. The second-order valence-electron chi connectivity index (χ2n) is 8.10. The minimum atomic E-state index is -0.345. The van der Waals surface area contributed by atoms with Crippen LogP contribution in [-0.4, -0.2) is 43.6 Å². The van der Waals surface area contributed by atoms with Crippen molar-refractivity contribution in [3.63, 3.8) is 0 Å². The van der Waals surface area contributed by atoms with Crippen molar-refractivity contribution in [3.8, 4) is 11.4 Å². The molecule has 0 unspecified atom stereocenters. The van der Waals surface area contributed by atoms with Gasteiger partial charge < -0.3 is 4.90 Å². The van der Waals surface area contributed by atoms with Gasteiger partial charge in [-0.1, -0.05) is 20.8 Å². The first-order valence-electron chi connectivity index (χ1n) is 9.46.